The van der Waals surface area contributed by atoms with Gasteiger partial charge in [-0.3, -0.25) is 4.79 Å². The first-order valence-corrected chi connectivity index (χ1v) is 11.7. The van der Waals surface area contributed by atoms with Gasteiger partial charge in [-0.1, -0.05) is 63.4 Å². The smallest absolute Gasteiger partial charge is 0.266 e. The second-order valence-electron chi connectivity index (χ2n) is 7.26. The highest BCUT2D eigenvalue weighted by molar-refractivity contribution is 9.10. The Morgan fingerprint density at radius 2 is 1.94 bits per heavy atom. The van der Waals surface area contributed by atoms with Crippen LogP contribution in [0.25, 0.3) is 6.08 Å². The van der Waals surface area contributed by atoms with Crippen molar-refractivity contribution in [1.82, 2.24) is 0 Å². The fourth-order valence-corrected chi connectivity index (χ4v) is 4.21. The molecular formula is C26H21BrCl2N2O2. The second kappa shape index (κ2) is 11.4. The number of nitrogens with one attached hydrogen (secondary N) is 1. The first kappa shape index (κ1) is 24.9. The van der Waals surface area contributed by atoms with E-state index in [4.69, 9.17) is 27.9 Å². The maximum atomic E-state index is 12.8. The Morgan fingerprint density at radius 3 is 2.64 bits per heavy atom. The zero-order valence-corrected chi connectivity index (χ0v) is 21.2. The molecule has 0 aliphatic carbocycles. The van der Waals surface area contributed by atoms with Crippen LogP contribution < -0.4 is 10.1 Å². The topological polar surface area (TPSA) is 62.1 Å². The number of carbonyl (C=O) groups excluding carboxylic acids is 1. The first-order chi connectivity index (χ1) is 15.8. The Hall–Kier alpha value is -2.78. The van der Waals surface area contributed by atoms with E-state index in [-0.39, 0.29) is 5.57 Å². The first-order valence-electron chi connectivity index (χ1n) is 10.2. The zero-order valence-electron chi connectivity index (χ0n) is 18.1. The summed E-state index contributed by atoms with van der Waals surface area (Å²) in [6, 6.07) is 18.5. The summed E-state index contributed by atoms with van der Waals surface area (Å²) in [7, 11) is 0. The molecule has 3 rings (SSSR count). The van der Waals surface area contributed by atoms with Crippen molar-refractivity contribution in [2.45, 2.75) is 20.3 Å². The zero-order chi connectivity index (χ0) is 24.0. The van der Waals surface area contributed by atoms with Crippen LogP contribution in [-0.4, -0.2) is 12.5 Å². The fraction of sp³-hybridized carbons (Fsp3) is 0.154. The molecule has 0 fully saturated rings. The number of benzene rings is 3. The molecule has 0 aliphatic rings. The SMILES string of the molecule is CCOc1cc(/C=C(\C#N)C(=O)Nc2cc(Cl)ccc2C)cc(Br)c1Cc1ccccc1Cl. The third-order valence-electron chi connectivity index (χ3n) is 4.93. The van der Waals surface area contributed by atoms with E-state index in [1.807, 2.05) is 56.3 Å². The van der Waals surface area contributed by atoms with Crippen LogP contribution in [0.15, 0.2) is 64.6 Å². The van der Waals surface area contributed by atoms with Crippen LogP contribution in [-0.2, 0) is 11.2 Å². The Balaban J connectivity index is 1.94. The van der Waals surface area contributed by atoms with Crippen LogP contribution in [0.2, 0.25) is 10.0 Å². The summed E-state index contributed by atoms with van der Waals surface area (Å²) in [6.07, 6.45) is 2.10. The molecule has 0 aliphatic heterocycles. The highest BCUT2D eigenvalue weighted by atomic mass is 79.9. The molecule has 0 saturated carbocycles. The number of aryl methyl sites for hydroxylation is 1. The van der Waals surface area contributed by atoms with Gasteiger partial charge >= 0.3 is 0 Å². The van der Waals surface area contributed by atoms with E-state index >= 15 is 0 Å². The Morgan fingerprint density at radius 1 is 1.18 bits per heavy atom. The summed E-state index contributed by atoms with van der Waals surface area (Å²) in [5, 5.41) is 13.5. The van der Waals surface area contributed by atoms with Crippen LogP contribution in [0.1, 0.15) is 29.2 Å². The number of amides is 1. The molecule has 7 heteroatoms. The number of rotatable bonds is 7. The average molecular weight is 544 g/mol. The molecule has 1 N–H and O–H groups in total. The minimum Gasteiger partial charge on any atom is -0.494 e. The molecule has 33 heavy (non-hydrogen) atoms. The lowest BCUT2D eigenvalue weighted by molar-refractivity contribution is -0.112. The van der Waals surface area contributed by atoms with Gasteiger partial charge in [0.1, 0.15) is 17.4 Å². The van der Waals surface area contributed by atoms with E-state index in [2.05, 4.69) is 21.2 Å². The molecule has 0 aromatic heterocycles. The Labute approximate surface area is 211 Å². The van der Waals surface area contributed by atoms with Crippen LogP contribution in [0, 0.1) is 18.3 Å². The number of anilines is 1. The number of halogens is 3. The minimum atomic E-state index is -0.517. The van der Waals surface area contributed by atoms with Gasteiger partial charge < -0.3 is 10.1 Å². The number of nitriles is 1. The van der Waals surface area contributed by atoms with E-state index < -0.39 is 5.91 Å². The molecule has 0 atom stereocenters. The van der Waals surface area contributed by atoms with E-state index in [0.717, 1.165) is 21.2 Å². The van der Waals surface area contributed by atoms with E-state index in [1.54, 1.807) is 18.2 Å². The van der Waals surface area contributed by atoms with Gasteiger partial charge in [0.15, 0.2) is 0 Å². The van der Waals surface area contributed by atoms with Crippen molar-refractivity contribution in [1.29, 1.82) is 5.26 Å². The lowest BCUT2D eigenvalue weighted by atomic mass is 10.0. The summed E-state index contributed by atoms with van der Waals surface area (Å²) >= 11 is 16.0. The van der Waals surface area contributed by atoms with Crippen LogP contribution in [0.3, 0.4) is 0 Å². The van der Waals surface area contributed by atoms with Crippen molar-refractivity contribution < 1.29 is 9.53 Å². The highest BCUT2D eigenvalue weighted by Gasteiger charge is 2.15. The largest absolute Gasteiger partial charge is 0.494 e. The molecular weight excluding hydrogens is 523 g/mol. The quantitative estimate of drug-likeness (QED) is 0.246. The molecule has 3 aromatic carbocycles. The van der Waals surface area contributed by atoms with E-state index in [1.165, 1.54) is 6.08 Å². The highest BCUT2D eigenvalue weighted by Crippen LogP contribution is 2.34. The standard InChI is InChI=1S/C26H21BrCl2N2O2/c1-3-33-25-12-17(11-22(27)21(25)13-18-6-4-5-7-23(18)29)10-19(15-30)26(32)31-24-14-20(28)9-8-16(24)2/h4-12,14H,3,13H2,1-2H3,(H,31,32)/b19-10+. The van der Waals surface area contributed by atoms with Gasteiger partial charge in [-0.2, -0.15) is 5.26 Å². The fourth-order valence-electron chi connectivity index (χ4n) is 3.24. The summed E-state index contributed by atoms with van der Waals surface area (Å²) in [4.78, 5) is 12.8. The predicted molar refractivity (Wildman–Crippen MR) is 138 cm³/mol. The summed E-state index contributed by atoms with van der Waals surface area (Å²) < 4.78 is 6.66. The average Bonchev–Trinajstić information content (AvgIpc) is 2.78. The van der Waals surface area contributed by atoms with Gasteiger partial charge in [-0.15, -0.1) is 0 Å². The molecule has 168 valence electrons. The lowest BCUT2D eigenvalue weighted by Gasteiger charge is -2.15. The summed E-state index contributed by atoms with van der Waals surface area (Å²) in [6.45, 7) is 4.22. The predicted octanol–water partition coefficient (Wildman–Crippen LogP) is 7.60. The molecule has 0 heterocycles. The van der Waals surface area contributed by atoms with Crippen molar-refractivity contribution in [3.8, 4) is 11.8 Å². The van der Waals surface area contributed by atoms with Gasteiger partial charge in [0.2, 0.25) is 0 Å². The number of ether oxygens (including phenoxy) is 1. The number of carbonyl (C=O) groups is 1. The molecule has 0 spiro atoms. The normalized spacial score (nSPS) is 11.1. The maximum Gasteiger partial charge on any atom is 0.266 e. The van der Waals surface area contributed by atoms with Crippen molar-refractivity contribution in [3.63, 3.8) is 0 Å². The molecule has 1 amide bonds. The second-order valence-corrected chi connectivity index (χ2v) is 8.96. The van der Waals surface area contributed by atoms with Crippen molar-refractivity contribution >= 4 is 56.8 Å². The Bertz CT molecular complexity index is 1270. The van der Waals surface area contributed by atoms with Gasteiger partial charge in [0.25, 0.3) is 5.91 Å². The number of hydrogen-bond acceptors (Lipinski definition) is 3. The van der Waals surface area contributed by atoms with E-state index in [0.29, 0.717) is 40.1 Å². The molecule has 0 bridgehead atoms. The van der Waals surface area contributed by atoms with E-state index in [9.17, 15) is 10.1 Å². The third-order valence-corrected chi connectivity index (χ3v) is 6.24. The van der Waals surface area contributed by atoms with Crippen LogP contribution >= 0.6 is 39.1 Å². The van der Waals surface area contributed by atoms with Gasteiger partial charge in [-0.05, 0) is 66.9 Å². The number of nitrogens with zero attached hydrogens (tertiary/aromatic N) is 1. The lowest BCUT2D eigenvalue weighted by Crippen LogP contribution is -2.14. The Kier molecular flexibility index (Phi) is 8.57. The molecule has 0 saturated heterocycles. The molecule has 3 aromatic rings. The third kappa shape index (κ3) is 6.39. The molecule has 4 nitrogen and oxygen atoms in total. The summed E-state index contributed by atoms with van der Waals surface area (Å²) in [5.41, 5.74) is 3.92. The van der Waals surface area contributed by atoms with Gasteiger partial charge in [0, 0.05) is 32.2 Å². The monoisotopic (exact) mass is 542 g/mol. The number of hydrogen-bond donors (Lipinski definition) is 1. The van der Waals surface area contributed by atoms with Crippen molar-refractivity contribution in [3.05, 3.63) is 96.9 Å². The molecule has 0 radical (unpaired) electrons. The van der Waals surface area contributed by atoms with Gasteiger partial charge in [-0.25, -0.2) is 0 Å². The van der Waals surface area contributed by atoms with Crippen molar-refractivity contribution in [2.24, 2.45) is 0 Å². The summed E-state index contributed by atoms with van der Waals surface area (Å²) in [5.74, 6) is 0.138. The minimum absolute atomic E-state index is 0.0393. The van der Waals surface area contributed by atoms with Gasteiger partial charge in [0.05, 0.1) is 6.61 Å². The van der Waals surface area contributed by atoms with Crippen LogP contribution in [0.5, 0.6) is 5.75 Å². The maximum absolute atomic E-state index is 12.8. The van der Waals surface area contributed by atoms with Crippen molar-refractivity contribution in [2.75, 3.05) is 11.9 Å². The molecule has 0 unspecified atom stereocenters. The van der Waals surface area contributed by atoms with Crippen LogP contribution in [0.4, 0.5) is 5.69 Å².